The lowest BCUT2D eigenvalue weighted by Crippen LogP contribution is -2.56. The van der Waals surface area contributed by atoms with Crippen molar-refractivity contribution >= 4 is 7.82 Å². The Balaban J connectivity index is 2.11. The molecular formula is C16H25N2O8P. The molecule has 2 saturated heterocycles. The molecule has 1 aromatic rings. The average molecular weight is 404 g/mol. The number of aryl methyl sites for hydroxylation is 1. The standard InChI is InChI=1S/C16H25N2O8P/c1-6-16-8-15(3,4)24-10(11(16)26-27(21,22)23-5)13(25-16)18-7-9(2)12(19)17-14(18)20/h7,10-11,13H,6,8H2,1-5H3,(H,21,22)(H,17,19,20)/t10?,11?,13-,16+/m1/s1. The normalized spacial score (nSPS) is 34.4. The lowest BCUT2D eigenvalue weighted by atomic mass is 9.79. The molecule has 3 heterocycles. The van der Waals surface area contributed by atoms with Gasteiger partial charge in [0.25, 0.3) is 5.56 Å². The molecule has 0 spiro atoms. The molecule has 2 aliphatic rings. The number of hydrogen-bond donors (Lipinski definition) is 2. The smallest absolute Gasteiger partial charge is 0.365 e. The van der Waals surface area contributed by atoms with Crippen molar-refractivity contribution in [3.63, 3.8) is 0 Å². The highest BCUT2D eigenvalue weighted by atomic mass is 31.2. The van der Waals surface area contributed by atoms with Crippen molar-refractivity contribution in [3.8, 4) is 0 Å². The Labute approximate surface area is 156 Å². The van der Waals surface area contributed by atoms with Gasteiger partial charge in [-0.15, -0.1) is 0 Å². The van der Waals surface area contributed by atoms with E-state index in [1.807, 2.05) is 20.8 Å². The topological polar surface area (TPSA) is 129 Å². The lowest BCUT2D eigenvalue weighted by molar-refractivity contribution is -0.179. The van der Waals surface area contributed by atoms with Crippen LogP contribution < -0.4 is 11.2 Å². The number of phosphoric acid groups is 1. The summed E-state index contributed by atoms with van der Waals surface area (Å²) >= 11 is 0. The van der Waals surface area contributed by atoms with Crippen LogP contribution >= 0.6 is 7.82 Å². The molecule has 3 rings (SSSR count). The van der Waals surface area contributed by atoms with Gasteiger partial charge in [0.05, 0.1) is 5.60 Å². The van der Waals surface area contributed by atoms with E-state index >= 15 is 0 Å². The molecule has 5 atom stereocenters. The maximum atomic E-state index is 12.4. The van der Waals surface area contributed by atoms with E-state index in [0.29, 0.717) is 18.4 Å². The van der Waals surface area contributed by atoms with Crippen LogP contribution in [0, 0.1) is 6.92 Å². The number of aromatic nitrogens is 2. The summed E-state index contributed by atoms with van der Waals surface area (Å²) < 4.78 is 35.6. The second kappa shape index (κ2) is 6.65. The zero-order chi connectivity index (χ0) is 20.2. The van der Waals surface area contributed by atoms with Gasteiger partial charge < -0.3 is 14.4 Å². The van der Waals surface area contributed by atoms with Crippen LogP contribution in [0.1, 0.15) is 45.4 Å². The summed E-state index contributed by atoms with van der Waals surface area (Å²) in [6.45, 7) is 7.19. The molecule has 0 radical (unpaired) electrons. The Morgan fingerprint density at radius 3 is 2.67 bits per heavy atom. The second-order valence-corrected chi connectivity index (χ2v) is 9.11. The maximum Gasteiger partial charge on any atom is 0.472 e. The minimum absolute atomic E-state index is 0.326. The van der Waals surface area contributed by atoms with E-state index in [4.69, 9.17) is 14.0 Å². The van der Waals surface area contributed by atoms with Crippen LogP contribution in [-0.4, -0.2) is 45.0 Å². The van der Waals surface area contributed by atoms with Gasteiger partial charge in [-0.1, -0.05) is 6.92 Å². The fraction of sp³-hybridized carbons (Fsp3) is 0.750. The molecule has 2 aliphatic heterocycles. The number of phosphoric ester groups is 1. The van der Waals surface area contributed by atoms with Crippen LogP contribution in [0.5, 0.6) is 0 Å². The molecule has 1 aromatic heterocycles. The fourth-order valence-corrected chi connectivity index (χ4v) is 4.64. The number of ether oxygens (including phenoxy) is 2. The van der Waals surface area contributed by atoms with Crippen LogP contribution in [-0.2, 0) is 23.1 Å². The number of aromatic amines is 1. The Hall–Kier alpha value is -1.29. The monoisotopic (exact) mass is 404 g/mol. The summed E-state index contributed by atoms with van der Waals surface area (Å²) in [5.41, 5.74) is -2.39. The van der Waals surface area contributed by atoms with E-state index in [0.717, 1.165) is 7.11 Å². The average Bonchev–Trinajstić information content (AvgIpc) is 2.76. The molecule has 2 fully saturated rings. The molecule has 2 N–H and O–H groups in total. The van der Waals surface area contributed by atoms with E-state index in [1.54, 1.807) is 6.92 Å². The third-order valence-corrected chi connectivity index (χ3v) is 6.08. The molecule has 10 nitrogen and oxygen atoms in total. The third-order valence-electron chi connectivity index (χ3n) is 5.13. The molecule has 27 heavy (non-hydrogen) atoms. The molecule has 152 valence electrons. The van der Waals surface area contributed by atoms with Crippen LogP contribution in [0.25, 0.3) is 0 Å². The summed E-state index contributed by atoms with van der Waals surface area (Å²) in [6, 6.07) is 0. The predicted molar refractivity (Wildman–Crippen MR) is 94.5 cm³/mol. The molecule has 0 saturated carbocycles. The van der Waals surface area contributed by atoms with Gasteiger partial charge in [-0.3, -0.25) is 23.4 Å². The van der Waals surface area contributed by atoms with Crippen molar-refractivity contribution in [2.75, 3.05) is 7.11 Å². The van der Waals surface area contributed by atoms with E-state index in [1.165, 1.54) is 10.8 Å². The Kier molecular flexibility index (Phi) is 5.03. The second-order valence-electron chi connectivity index (χ2n) is 7.60. The lowest BCUT2D eigenvalue weighted by Gasteiger charge is -2.45. The van der Waals surface area contributed by atoms with Crippen molar-refractivity contribution in [2.45, 2.75) is 70.2 Å². The van der Waals surface area contributed by atoms with E-state index in [9.17, 15) is 19.0 Å². The SMILES string of the molecule is CC[C@]12CC(C)(C)OC(C1OP(=O)(O)OC)[C@H](n1cc(C)c(=O)[nH]c1=O)O2. The Morgan fingerprint density at radius 2 is 2.07 bits per heavy atom. The van der Waals surface area contributed by atoms with E-state index < -0.39 is 48.7 Å². The van der Waals surface area contributed by atoms with Gasteiger partial charge in [-0.25, -0.2) is 9.36 Å². The predicted octanol–water partition coefficient (Wildman–Crippen LogP) is 1.22. The molecular weight excluding hydrogens is 379 g/mol. The summed E-state index contributed by atoms with van der Waals surface area (Å²) in [5.74, 6) is 0. The molecule has 0 aromatic carbocycles. The number of hydrogen-bond acceptors (Lipinski definition) is 7. The zero-order valence-corrected chi connectivity index (χ0v) is 16.8. The van der Waals surface area contributed by atoms with Gasteiger partial charge in [0.15, 0.2) is 6.23 Å². The van der Waals surface area contributed by atoms with Gasteiger partial charge >= 0.3 is 13.5 Å². The molecule has 0 aliphatic carbocycles. The summed E-state index contributed by atoms with van der Waals surface area (Å²) in [4.78, 5) is 36.2. The quantitative estimate of drug-likeness (QED) is 0.701. The van der Waals surface area contributed by atoms with Gasteiger partial charge in [0, 0.05) is 25.3 Å². The van der Waals surface area contributed by atoms with Crippen molar-refractivity contribution in [2.24, 2.45) is 0 Å². The van der Waals surface area contributed by atoms with E-state index in [2.05, 4.69) is 9.51 Å². The number of H-pyrrole nitrogens is 1. The highest BCUT2D eigenvalue weighted by Gasteiger charge is 2.64. The molecule has 3 unspecified atom stereocenters. The summed E-state index contributed by atoms with van der Waals surface area (Å²) in [6.07, 6.45) is -0.495. The van der Waals surface area contributed by atoms with Crippen LogP contribution in [0.15, 0.2) is 15.8 Å². The first-order chi connectivity index (χ1) is 12.4. The third kappa shape index (κ3) is 3.57. The zero-order valence-electron chi connectivity index (χ0n) is 15.9. The summed E-state index contributed by atoms with van der Waals surface area (Å²) in [7, 11) is -3.25. The number of nitrogens with one attached hydrogen (secondary N) is 1. The van der Waals surface area contributed by atoms with Crippen molar-refractivity contribution < 1.29 is 28.0 Å². The minimum Gasteiger partial charge on any atom is -0.365 e. The molecule has 11 heteroatoms. The van der Waals surface area contributed by atoms with Crippen LogP contribution in [0.4, 0.5) is 0 Å². The van der Waals surface area contributed by atoms with E-state index in [-0.39, 0.29) is 0 Å². The van der Waals surface area contributed by atoms with Crippen LogP contribution in [0.3, 0.4) is 0 Å². The highest BCUT2D eigenvalue weighted by Crippen LogP contribution is 2.57. The largest absolute Gasteiger partial charge is 0.472 e. The van der Waals surface area contributed by atoms with Gasteiger partial charge in [0.2, 0.25) is 0 Å². The van der Waals surface area contributed by atoms with Crippen LogP contribution in [0.2, 0.25) is 0 Å². The van der Waals surface area contributed by atoms with Gasteiger partial charge in [-0.2, -0.15) is 0 Å². The molecule has 0 amide bonds. The first-order valence-corrected chi connectivity index (χ1v) is 10.2. The maximum absolute atomic E-state index is 12.4. The first kappa shape index (κ1) is 20.4. The van der Waals surface area contributed by atoms with Crippen molar-refractivity contribution in [1.82, 2.24) is 9.55 Å². The highest BCUT2D eigenvalue weighted by molar-refractivity contribution is 7.47. The van der Waals surface area contributed by atoms with Crippen molar-refractivity contribution in [3.05, 3.63) is 32.6 Å². The first-order valence-electron chi connectivity index (χ1n) is 8.68. The summed E-state index contributed by atoms with van der Waals surface area (Å²) in [5, 5.41) is 0. The Bertz CT molecular complexity index is 893. The fourth-order valence-electron chi connectivity index (χ4n) is 3.96. The Morgan fingerprint density at radius 1 is 1.41 bits per heavy atom. The van der Waals surface area contributed by atoms with Crippen molar-refractivity contribution in [1.29, 1.82) is 0 Å². The van der Waals surface area contributed by atoms with Gasteiger partial charge in [-0.05, 0) is 27.2 Å². The number of fused-ring (bicyclic) bond motifs is 2. The van der Waals surface area contributed by atoms with Gasteiger partial charge in [0.1, 0.15) is 17.8 Å². The minimum atomic E-state index is -4.33. The molecule has 2 bridgehead atoms. The number of nitrogens with zero attached hydrogens (tertiary/aromatic N) is 1. The number of rotatable bonds is 5.